The van der Waals surface area contributed by atoms with Crippen molar-refractivity contribution in [3.63, 3.8) is 0 Å². The summed E-state index contributed by atoms with van der Waals surface area (Å²) in [5, 5.41) is 4.67. The number of rotatable bonds is 8. The lowest BCUT2D eigenvalue weighted by atomic mass is 9.75. The van der Waals surface area contributed by atoms with Gasteiger partial charge in [-0.1, -0.05) is 32.4 Å². The summed E-state index contributed by atoms with van der Waals surface area (Å²) >= 11 is 1.96. The van der Waals surface area contributed by atoms with Crippen molar-refractivity contribution in [1.29, 1.82) is 0 Å². The smallest absolute Gasteiger partial charge is 0.154 e. The third-order valence-corrected chi connectivity index (χ3v) is 10.8. The lowest BCUT2D eigenvalue weighted by Crippen LogP contribution is -2.61. The van der Waals surface area contributed by atoms with Gasteiger partial charge in [0.25, 0.3) is 0 Å². The normalized spacial score (nSPS) is 33.2. The zero-order valence-electron chi connectivity index (χ0n) is 23.0. The standard InChI is InChI=1S/C30H47N5S/c1-21(2)30(19-24-7-6-8-28(30)32-24)35-17-15-23(16-18-35)26-13-14-27(31-3)29(33-26)34(4)20-22-9-11-25(36-5)12-10-22/h9,11,13-14,21-25,28,32H,3,6-8,10,12,15-20H2,1-2,4-5H3/t22?,24?,25?,28?,30-/m0/s1. The molecule has 0 radical (unpaired) electrons. The van der Waals surface area contributed by atoms with E-state index in [2.05, 4.69) is 78.3 Å². The molecule has 3 saturated heterocycles. The van der Waals surface area contributed by atoms with E-state index in [1.165, 1.54) is 70.2 Å². The Labute approximate surface area is 223 Å². The van der Waals surface area contributed by atoms with E-state index in [9.17, 15) is 0 Å². The Morgan fingerprint density at radius 1 is 1.17 bits per heavy atom. The van der Waals surface area contributed by atoms with Gasteiger partial charge in [0.2, 0.25) is 0 Å². The molecule has 1 aromatic rings. The zero-order valence-corrected chi connectivity index (χ0v) is 23.8. The Hall–Kier alpha value is -1.37. The fourth-order valence-corrected chi connectivity index (χ4v) is 8.40. The van der Waals surface area contributed by atoms with Crippen LogP contribution < -0.4 is 10.2 Å². The average molecular weight is 510 g/mol. The molecule has 3 aliphatic heterocycles. The number of anilines is 1. The van der Waals surface area contributed by atoms with Crippen molar-refractivity contribution in [2.24, 2.45) is 16.8 Å². The van der Waals surface area contributed by atoms with Gasteiger partial charge in [0, 0.05) is 48.1 Å². The number of fused-ring (bicyclic) bond motifs is 2. The summed E-state index contributed by atoms with van der Waals surface area (Å²) in [4.78, 5) is 14.7. The number of likely N-dealkylation sites (tertiary alicyclic amines) is 1. The minimum Gasteiger partial charge on any atom is -0.357 e. The first kappa shape index (κ1) is 26.2. The Balaban J connectivity index is 1.27. The number of aliphatic imine (C=N–C) groups is 1. The quantitative estimate of drug-likeness (QED) is 0.342. The monoisotopic (exact) mass is 509 g/mol. The molecule has 36 heavy (non-hydrogen) atoms. The second-order valence-electron chi connectivity index (χ2n) is 12.1. The minimum atomic E-state index is 0.338. The highest BCUT2D eigenvalue weighted by Crippen LogP contribution is 2.46. The molecular weight excluding hydrogens is 462 g/mol. The highest BCUT2D eigenvalue weighted by Gasteiger charge is 2.54. The first-order chi connectivity index (χ1) is 17.4. The zero-order chi connectivity index (χ0) is 25.3. The summed E-state index contributed by atoms with van der Waals surface area (Å²) in [7, 11) is 2.18. The van der Waals surface area contributed by atoms with Crippen LogP contribution in [0.15, 0.2) is 29.3 Å². The number of hydrogen-bond donors (Lipinski definition) is 1. The van der Waals surface area contributed by atoms with Crippen LogP contribution >= 0.6 is 11.8 Å². The summed E-state index contributed by atoms with van der Waals surface area (Å²) in [5.41, 5.74) is 2.49. The van der Waals surface area contributed by atoms with Gasteiger partial charge in [-0.2, -0.15) is 11.8 Å². The van der Waals surface area contributed by atoms with E-state index in [0.29, 0.717) is 34.6 Å². The number of pyridine rings is 1. The number of aromatic nitrogens is 1. The van der Waals surface area contributed by atoms with Crippen LogP contribution in [0.25, 0.3) is 0 Å². The largest absolute Gasteiger partial charge is 0.357 e. The predicted octanol–water partition coefficient (Wildman–Crippen LogP) is 6.04. The summed E-state index contributed by atoms with van der Waals surface area (Å²) in [5.74, 6) is 2.79. The first-order valence-electron chi connectivity index (χ1n) is 14.4. The molecule has 0 spiro atoms. The van der Waals surface area contributed by atoms with Crippen molar-refractivity contribution in [2.45, 2.75) is 94.0 Å². The maximum Gasteiger partial charge on any atom is 0.154 e. The maximum absolute atomic E-state index is 5.23. The molecule has 4 heterocycles. The highest BCUT2D eigenvalue weighted by molar-refractivity contribution is 7.99. The molecule has 4 unspecified atom stereocenters. The molecule has 5 rings (SSSR count). The summed E-state index contributed by atoms with van der Waals surface area (Å²) in [6.45, 7) is 12.1. The summed E-state index contributed by atoms with van der Waals surface area (Å²) in [6, 6.07) is 5.76. The van der Waals surface area contributed by atoms with E-state index in [4.69, 9.17) is 4.98 Å². The van der Waals surface area contributed by atoms with Gasteiger partial charge >= 0.3 is 0 Å². The SMILES string of the molecule is C=Nc1ccc(C2CCN([C@]3(C(C)C)CC4CCCC3N4)CC2)nc1N(C)CC1C=CC(SC)CC1. The fourth-order valence-electron chi connectivity index (χ4n) is 7.78. The second-order valence-corrected chi connectivity index (χ2v) is 13.1. The van der Waals surface area contributed by atoms with Crippen LogP contribution in [0.5, 0.6) is 0 Å². The molecular formula is C30H47N5S. The van der Waals surface area contributed by atoms with Gasteiger partial charge in [-0.15, -0.1) is 0 Å². The Morgan fingerprint density at radius 3 is 2.61 bits per heavy atom. The van der Waals surface area contributed by atoms with E-state index >= 15 is 0 Å². The lowest BCUT2D eigenvalue weighted by Gasteiger charge is -2.50. The molecule has 1 aromatic heterocycles. The van der Waals surface area contributed by atoms with Crippen LogP contribution in [0.4, 0.5) is 11.5 Å². The van der Waals surface area contributed by atoms with E-state index in [0.717, 1.165) is 24.1 Å². The number of piperidine rings is 2. The molecule has 2 bridgehead atoms. The Kier molecular flexibility index (Phi) is 8.14. The van der Waals surface area contributed by atoms with Crippen LogP contribution in [0.3, 0.4) is 0 Å². The van der Waals surface area contributed by atoms with Crippen LogP contribution in [-0.2, 0) is 0 Å². The van der Waals surface area contributed by atoms with Crippen molar-refractivity contribution >= 4 is 30.0 Å². The molecule has 198 valence electrons. The molecule has 4 aliphatic rings. The second kappa shape index (κ2) is 11.2. The number of nitrogens with zero attached hydrogens (tertiary/aromatic N) is 4. The van der Waals surface area contributed by atoms with Gasteiger partial charge in [-0.3, -0.25) is 9.89 Å². The molecule has 5 nitrogen and oxygen atoms in total. The average Bonchev–Trinajstić information content (AvgIpc) is 3.18. The van der Waals surface area contributed by atoms with Crippen molar-refractivity contribution in [2.75, 3.05) is 37.8 Å². The van der Waals surface area contributed by atoms with Gasteiger partial charge in [-0.05, 0) is 95.0 Å². The fraction of sp³-hybridized carbons (Fsp3) is 0.733. The molecule has 3 fully saturated rings. The van der Waals surface area contributed by atoms with Gasteiger partial charge in [0.15, 0.2) is 5.82 Å². The van der Waals surface area contributed by atoms with Crippen LogP contribution in [0.1, 0.15) is 76.8 Å². The summed E-state index contributed by atoms with van der Waals surface area (Å²) in [6.07, 6.45) is 17.4. The molecule has 6 heteroatoms. The Bertz CT molecular complexity index is 939. The van der Waals surface area contributed by atoms with Crippen molar-refractivity contribution in [1.82, 2.24) is 15.2 Å². The molecule has 1 N–H and O–H groups in total. The van der Waals surface area contributed by atoms with Gasteiger partial charge in [0.1, 0.15) is 5.69 Å². The van der Waals surface area contributed by atoms with E-state index in [1.807, 2.05) is 11.8 Å². The predicted molar refractivity (Wildman–Crippen MR) is 156 cm³/mol. The number of hydrogen-bond acceptors (Lipinski definition) is 6. The van der Waals surface area contributed by atoms with Crippen LogP contribution in [0.2, 0.25) is 0 Å². The Morgan fingerprint density at radius 2 is 1.97 bits per heavy atom. The molecule has 1 aliphatic carbocycles. The number of nitrogens with one attached hydrogen (secondary N) is 1. The highest BCUT2D eigenvalue weighted by atomic mass is 32.2. The van der Waals surface area contributed by atoms with Gasteiger partial charge in [-0.25, -0.2) is 4.98 Å². The van der Waals surface area contributed by atoms with Crippen LogP contribution in [0, 0.1) is 11.8 Å². The van der Waals surface area contributed by atoms with Gasteiger partial charge < -0.3 is 10.2 Å². The van der Waals surface area contributed by atoms with E-state index in [-0.39, 0.29) is 0 Å². The summed E-state index contributed by atoms with van der Waals surface area (Å²) < 4.78 is 0. The van der Waals surface area contributed by atoms with Crippen molar-refractivity contribution in [3.05, 3.63) is 30.0 Å². The molecule has 0 aromatic carbocycles. The van der Waals surface area contributed by atoms with Gasteiger partial charge in [0.05, 0.1) is 0 Å². The van der Waals surface area contributed by atoms with E-state index < -0.39 is 0 Å². The van der Waals surface area contributed by atoms with Crippen LogP contribution in [-0.4, -0.2) is 72.4 Å². The van der Waals surface area contributed by atoms with E-state index in [1.54, 1.807) is 0 Å². The number of thioether (sulfide) groups is 1. The first-order valence-corrected chi connectivity index (χ1v) is 15.6. The third kappa shape index (κ3) is 5.02. The topological polar surface area (TPSA) is 43.8 Å². The molecule has 5 atom stereocenters. The maximum atomic E-state index is 5.23. The molecule has 0 amide bonds. The minimum absolute atomic E-state index is 0.338. The van der Waals surface area contributed by atoms with Crippen molar-refractivity contribution in [3.8, 4) is 0 Å². The van der Waals surface area contributed by atoms with Crippen molar-refractivity contribution < 1.29 is 0 Å². The lowest BCUT2D eigenvalue weighted by molar-refractivity contribution is 0.0110. The molecule has 0 saturated carbocycles. The third-order valence-electron chi connectivity index (χ3n) is 9.80.